The van der Waals surface area contributed by atoms with Gasteiger partial charge in [0.2, 0.25) is 11.8 Å². The molecule has 1 aromatic rings. The van der Waals surface area contributed by atoms with E-state index in [1.54, 1.807) is 0 Å². The van der Waals surface area contributed by atoms with Gasteiger partial charge < -0.3 is 20.9 Å². The van der Waals surface area contributed by atoms with Gasteiger partial charge in [0.25, 0.3) is 0 Å². The highest BCUT2D eigenvalue weighted by molar-refractivity contribution is 7.91. The number of halogens is 1. The summed E-state index contributed by atoms with van der Waals surface area (Å²) in [5.74, 6) is -1.53. The first-order valence-electron chi connectivity index (χ1n) is 12.2. The molecule has 0 bridgehead atoms. The van der Waals surface area contributed by atoms with E-state index in [0.717, 1.165) is 31.7 Å². The minimum atomic E-state index is -3.48. The Labute approximate surface area is 201 Å². The van der Waals surface area contributed by atoms with Crippen molar-refractivity contribution in [2.45, 2.75) is 69.0 Å². The van der Waals surface area contributed by atoms with Crippen LogP contribution < -0.4 is 16.0 Å². The van der Waals surface area contributed by atoms with Crippen LogP contribution in [0.1, 0.15) is 52.4 Å². The molecular weight excluding hydrogens is 459 g/mol. The number of hydrogen-bond donors (Lipinski definition) is 2. The molecule has 2 amide bonds. The fourth-order valence-electron chi connectivity index (χ4n) is 5.16. The average molecular weight is 495 g/mol. The molecule has 1 aromatic carbocycles. The molecule has 3 fully saturated rings. The quantitative estimate of drug-likeness (QED) is 0.585. The number of sulfone groups is 1. The topological polar surface area (TPSA) is 113 Å². The van der Waals surface area contributed by atoms with E-state index in [1.165, 1.54) is 19.1 Å². The smallest absolute Gasteiger partial charge is 0.226 e. The van der Waals surface area contributed by atoms with Gasteiger partial charge in [0.05, 0.1) is 22.0 Å². The van der Waals surface area contributed by atoms with E-state index in [9.17, 15) is 22.4 Å². The molecule has 10 heteroatoms. The number of nitrogens with one attached hydrogen (secondary N) is 1. The van der Waals surface area contributed by atoms with Crippen LogP contribution in [0.5, 0.6) is 0 Å². The molecule has 1 heterocycles. The van der Waals surface area contributed by atoms with E-state index in [4.69, 9.17) is 5.73 Å². The summed E-state index contributed by atoms with van der Waals surface area (Å²) in [7, 11) is -3.48. The Morgan fingerprint density at radius 2 is 1.85 bits per heavy atom. The molecule has 3 N–H and O–H groups in total. The summed E-state index contributed by atoms with van der Waals surface area (Å²) in [6, 6.07) is 3.85. The van der Waals surface area contributed by atoms with E-state index in [0.29, 0.717) is 38.2 Å². The summed E-state index contributed by atoms with van der Waals surface area (Å²) in [4.78, 5) is 30.0. The van der Waals surface area contributed by atoms with Crippen LogP contribution in [0, 0.1) is 17.7 Å². The maximum absolute atomic E-state index is 14.8. The second-order valence-electron chi connectivity index (χ2n) is 9.99. The van der Waals surface area contributed by atoms with Crippen molar-refractivity contribution in [1.82, 2.24) is 10.2 Å². The second kappa shape index (κ2) is 9.45. The van der Waals surface area contributed by atoms with E-state index >= 15 is 0 Å². The first-order valence-corrected chi connectivity index (χ1v) is 13.9. The number of amides is 2. The molecule has 8 nitrogen and oxygen atoms in total. The molecule has 188 valence electrons. The minimum absolute atomic E-state index is 0.0151. The fourth-order valence-corrected chi connectivity index (χ4v) is 6.05. The van der Waals surface area contributed by atoms with Crippen LogP contribution in [0.25, 0.3) is 0 Å². The van der Waals surface area contributed by atoms with E-state index < -0.39 is 21.3 Å². The first kappa shape index (κ1) is 24.9. The molecule has 4 rings (SSSR count). The molecule has 0 spiro atoms. The zero-order valence-corrected chi connectivity index (χ0v) is 20.7. The number of hydrogen-bond acceptors (Lipinski definition) is 6. The molecular formula is C24H35FN4O4S. The molecule has 2 aliphatic carbocycles. The standard InChI is InChI=1S/C24H35FN4O4S/c1-3-34(32,33)17-8-9-21(20(25)14-17)28-12-13-29(16(2)15-28)23(31)19-7-5-4-6-18(19)22(30)27-24(26)10-11-24/h8-9,14,16,18-19H,3-7,10-13,15,26H2,1-2H3,(H,27,30)/t16-,18-,19-/m1/s1. The highest BCUT2D eigenvalue weighted by Gasteiger charge is 2.45. The Balaban J connectivity index is 1.43. The Kier molecular flexibility index (Phi) is 6.92. The van der Waals surface area contributed by atoms with Crippen molar-refractivity contribution in [3.8, 4) is 0 Å². The third-order valence-corrected chi connectivity index (χ3v) is 9.22. The maximum Gasteiger partial charge on any atom is 0.226 e. The van der Waals surface area contributed by atoms with Crippen LogP contribution in [0.2, 0.25) is 0 Å². The van der Waals surface area contributed by atoms with Gasteiger partial charge in [-0.2, -0.15) is 0 Å². The van der Waals surface area contributed by atoms with Crippen LogP contribution >= 0.6 is 0 Å². The number of carbonyl (C=O) groups excluding carboxylic acids is 2. The Bertz CT molecular complexity index is 1060. The van der Waals surface area contributed by atoms with Gasteiger partial charge in [0.1, 0.15) is 5.82 Å². The normalized spacial score (nSPS) is 26.8. The number of carbonyl (C=O) groups is 2. The third-order valence-electron chi connectivity index (χ3n) is 7.49. The zero-order valence-electron chi connectivity index (χ0n) is 19.9. The third kappa shape index (κ3) is 5.07. The van der Waals surface area contributed by atoms with E-state index in [-0.39, 0.29) is 40.3 Å². The Hall–Kier alpha value is -2.20. The molecule has 3 aliphatic rings. The molecule has 2 saturated carbocycles. The zero-order chi connectivity index (χ0) is 24.7. The molecule has 34 heavy (non-hydrogen) atoms. The summed E-state index contributed by atoms with van der Waals surface area (Å²) < 4.78 is 38.9. The number of nitrogens with zero attached hydrogens (tertiary/aromatic N) is 2. The summed E-state index contributed by atoms with van der Waals surface area (Å²) in [5, 5.41) is 2.93. The van der Waals surface area contributed by atoms with Crippen molar-refractivity contribution in [2.24, 2.45) is 17.6 Å². The number of anilines is 1. The lowest BCUT2D eigenvalue weighted by Crippen LogP contribution is -2.57. The Morgan fingerprint density at radius 3 is 2.44 bits per heavy atom. The lowest BCUT2D eigenvalue weighted by Gasteiger charge is -2.43. The van der Waals surface area contributed by atoms with Gasteiger partial charge >= 0.3 is 0 Å². The molecule has 0 aromatic heterocycles. The largest absolute Gasteiger partial charge is 0.365 e. The van der Waals surface area contributed by atoms with Crippen molar-refractivity contribution in [3.63, 3.8) is 0 Å². The van der Waals surface area contributed by atoms with Crippen LogP contribution in [0.15, 0.2) is 23.1 Å². The average Bonchev–Trinajstić information content (AvgIpc) is 3.54. The molecule has 1 aliphatic heterocycles. The van der Waals surface area contributed by atoms with Gasteiger partial charge in [-0.25, -0.2) is 12.8 Å². The van der Waals surface area contributed by atoms with Crippen LogP contribution in [0.3, 0.4) is 0 Å². The Morgan fingerprint density at radius 1 is 1.18 bits per heavy atom. The van der Waals surface area contributed by atoms with Crippen molar-refractivity contribution < 1.29 is 22.4 Å². The summed E-state index contributed by atoms with van der Waals surface area (Å²) in [5.41, 5.74) is 5.80. The van der Waals surface area contributed by atoms with Crippen LogP contribution in [0.4, 0.5) is 10.1 Å². The lowest BCUT2D eigenvalue weighted by atomic mass is 9.77. The first-order chi connectivity index (χ1) is 16.0. The van der Waals surface area contributed by atoms with Crippen LogP contribution in [-0.2, 0) is 19.4 Å². The predicted octanol–water partition coefficient (Wildman–Crippen LogP) is 2.03. The van der Waals surface area contributed by atoms with Gasteiger partial charge in [-0.15, -0.1) is 0 Å². The van der Waals surface area contributed by atoms with Crippen molar-refractivity contribution in [2.75, 3.05) is 30.3 Å². The predicted molar refractivity (Wildman–Crippen MR) is 127 cm³/mol. The fraction of sp³-hybridized carbons (Fsp3) is 0.667. The highest BCUT2D eigenvalue weighted by atomic mass is 32.2. The van der Waals surface area contributed by atoms with Gasteiger partial charge in [-0.1, -0.05) is 19.8 Å². The maximum atomic E-state index is 14.8. The molecule has 1 saturated heterocycles. The lowest BCUT2D eigenvalue weighted by molar-refractivity contribution is -0.146. The SMILES string of the molecule is CCS(=O)(=O)c1ccc(N2CCN(C(=O)[C@@H]3CCCC[C@H]3C(=O)NC3(N)CC3)[C@H](C)C2)c(F)c1. The number of rotatable bonds is 6. The number of nitrogens with two attached hydrogens (primary N) is 1. The molecule has 0 radical (unpaired) electrons. The van der Waals surface area contributed by atoms with Gasteiger partial charge in [-0.3, -0.25) is 9.59 Å². The molecule has 3 atom stereocenters. The van der Waals surface area contributed by atoms with Gasteiger partial charge in [0.15, 0.2) is 9.84 Å². The van der Waals surface area contributed by atoms with E-state index in [1.807, 2.05) is 16.7 Å². The summed E-state index contributed by atoms with van der Waals surface area (Å²) >= 11 is 0. The summed E-state index contributed by atoms with van der Waals surface area (Å²) in [6.45, 7) is 4.73. The van der Waals surface area contributed by atoms with Crippen molar-refractivity contribution >= 4 is 27.3 Å². The monoisotopic (exact) mass is 494 g/mol. The highest BCUT2D eigenvalue weighted by Crippen LogP contribution is 2.36. The second-order valence-corrected chi connectivity index (χ2v) is 12.3. The van der Waals surface area contributed by atoms with Crippen molar-refractivity contribution in [3.05, 3.63) is 24.0 Å². The van der Waals surface area contributed by atoms with Gasteiger partial charge in [-0.05, 0) is 50.8 Å². The number of piperazine rings is 1. The van der Waals surface area contributed by atoms with Crippen LogP contribution in [-0.4, -0.2) is 62.2 Å². The minimum Gasteiger partial charge on any atom is -0.365 e. The summed E-state index contributed by atoms with van der Waals surface area (Å²) in [6.07, 6.45) is 4.75. The number of benzene rings is 1. The van der Waals surface area contributed by atoms with Gasteiger partial charge in [0, 0.05) is 37.5 Å². The van der Waals surface area contributed by atoms with Crippen molar-refractivity contribution in [1.29, 1.82) is 0 Å². The van der Waals surface area contributed by atoms with E-state index in [2.05, 4.69) is 5.32 Å². The molecule has 0 unspecified atom stereocenters.